The van der Waals surface area contributed by atoms with Crippen LogP contribution in [-0.4, -0.2) is 35.1 Å². The number of nitrogens with zero attached hydrogens (tertiary/aromatic N) is 1. The van der Waals surface area contributed by atoms with Crippen molar-refractivity contribution in [2.45, 2.75) is 44.7 Å². The van der Waals surface area contributed by atoms with Gasteiger partial charge >= 0.3 is 0 Å². The summed E-state index contributed by atoms with van der Waals surface area (Å²) < 4.78 is 0. The van der Waals surface area contributed by atoms with Crippen molar-refractivity contribution in [1.29, 1.82) is 0 Å². The molecule has 0 aliphatic heterocycles. The summed E-state index contributed by atoms with van der Waals surface area (Å²) in [6, 6.07) is 16.8. The average molecular weight is 433 g/mol. The minimum atomic E-state index is -0.554. The molecule has 1 N–H and O–H groups in total. The molecule has 0 fully saturated rings. The molecule has 2 rings (SSSR count). The van der Waals surface area contributed by atoms with Gasteiger partial charge in [-0.1, -0.05) is 55.8 Å². The molecular formula is C23H29ClN2O2S. The maximum absolute atomic E-state index is 13.0. The molecule has 0 heterocycles. The van der Waals surface area contributed by atoms with E-state index in [2.05, 4.69) is 5.32 Å². The van der Waals surface area contributed by atoms with E-state index in [4.69, 9.17) is 11.6 Å². The number of hydrogen-bond donors (Lipinski definition) is 1. The fraction of sp³-hybridized carbons (Fsp3) is 0.391. The minimum absolute atomic E-state index is 0.0411. The lowest BCUT2D eigenvalue weighted by Crippen LogP contribution is -2.48. The standard InChI is InChI=1S/C23H29ClN2O2S/c1-17(2)15-25-23(28)18(3)26(16-19-8-7-9-20(24)14-19)22(27)12-13-29-21-10-5-4-6-11-21/h4-11,14,17-18H,12-13,15-16H2,1-3H3,(H,25,28)/t18-/m0/s1. The van der Waals surface area contributed by atoms with E-state index in [-0.39, 0.29) is 11.8 Å². The lowest BCUT2D eigenvalue weighted by molar-refractivity contribution is -0.140. The highest BCUT2D eigenvalue weighted by atomic mass is 35.5. The molecule has 2 aromatic rings. The van der Waals surface area contributed by atoms with Crippen LogP contribution in [0, 0.1) is 5.92 Å². The van der Waals surface area contributed by atoms with Crippen molar-refractivity contribution in [3.05, 3.63) is 65.2 Å². The van der Waals surface area contributed by atoms with Gasteiger partial charge in [0.2, 0.25) is 11.8 Å². The van der Waals surface area contributed by atoms with Gasteiger partial charge < -0.3 is 10.2 Å². The molecule has 4 nitrogen and oxygen atoms in total. The predicted molar refractivity (Wildman–Crippen MR) is 121 cm³/mol. The topological polar surface area (TPSA) is 49.4 Å². The summed E-state index contributed by atoms with van der Waals surface area (Å²) in [6.07, 6.45) is 0.363. The van der Waals surface area contributed by atoms with Gasteiger partial charge in [0.15, 0.2) is 0 Å². The van der Waals surface area contributed by atoms with Gasteiger partial charge in [0.25, 0.3) is 0 Å². The smallest absolute Gasteiger partial charge is 0.242 e. The Morgan fingerprint density at radius 2 is 1.79 bits per heavy atom. The molecule has 0 saturated carbocycles. The van der Waals surface area contributed by atoms with Gasteiger partial charge in [0.1, 0.15) is 6.04 Å². The Labute approximate surface area is 183 Å². The zero-order valence-electron chi connectivity index (χ0n) is 17.2. The van der Waals surface area contributed by atoms with Crippen LogP contribution in [-0.2, 0) is 16.1 Å². The lowest BCUT2D eigenvalue weighted by atomic mass is 10.1. The maximum atomic E-state index is 13.0. The third-order valence-electron chi connectivity index (χ3n) is 4.42. The number of thioether (sulfide) groups is 1. The molecule has 0 radical (unpaired) electrons. The first kappa shape index (κ1) is 23.3. The molecule has 0 bridgehead atoms. The maximum Gasteiger partial charge on any atom is 0.242 e. The van der Waals surface area contributed by atoms with E-state index >= 15 is 0 Å². The Bertz CT molecular complexity index is 798. The molecule has 0 saturated heterocycles. The van der Waals surface area contributed by atoms with Gasteiger partial charge in [0, 0.05) is 35.2 Å². The summed E-state index contributed by atoms with van der Waals surface area (Å²) >= 11 is 7.74. The van der Waals surface area contributed by atoms with Crippen LogP contribution in [0.4, 0.5) is 0 Å². The summed E-state index contributed by atoms with van der Waals surface area (Å²) in [4.78, 5) is 28.4. The van der Waals surface area contributed by atoms with Crippen molar-refractivity contribution in [1.82, 2.24) is 10.2 Å². The molecular weight excluding hydrogens is 404 g/mol. The number of amides is 2. The molecule has 6 heteroatoms. The van der Waals surface area contributed by atoms with E-state index < -0.39 is 6.04 Å². The lowest BCUT2D eigenvalue weighted by Gasteiger charge is -2.29. The van der Waals surface area contributed by atoms with Gasteiger partial charge in [0.05, 0.1) is 0 Å². The molecule has 1 atom stereocenters. The molecule has 29 heavy (non-hydrogen) atoms. The highest BCUT2D eigenvalue weighted by molar-refractivity contribution is 7.99. The van der Waals surface area contributed by atoms with E-state index in [1.54, 1.807) is 29.7 Å². The first-order valence-electron chi connectivity index (χ1n) is 9.86. The number of halogens is 1. The van der Waals surface area contributed by atoms with Gasteiger partial charge in [-0.05, 0) is 42.7 Å². The molecule has 0 spiro atoms. The number of carbonyl (C=O) groups is 2. The van der Waals surface area contributed by atoms with Gasteiger partial charge in [-0.2, -0.15) is 0 Å². The van der Waals surface area contributed by atoms with Gasteiger partial charge in [-0.25, -0.2) is 0 Å². The summed E-state index contributed by atoms with van der Waals surface area (Å²) in [7, 11) is 0. The molecule has 0 aromatic heterocycles. The van der Waals surface area contributed by atoms with E-state index in [9.17, 15) is 9.59 Å². The second-order valence-corrected chi connectivity index (χ2v) is 8.98. The van der Waals surface area contributed by atoms with Crippen LogP contribution in [0.2, 0.25) is 5.02 Å². The highest BCUT2D eigenvalue weighted by Crippen LogP contribution is 2.20. The third-order valence-corrected chi connectivity index (χ3v) is 5.67. The van der Waals surface area contributed by atoms with Crippen LogP contribution in [0.5, 0.6) is 0 Å². The van der Waals surface area contributed by atoms with Crippen molar-refractivity contribution in [2.24, 2.45) is 5.92 Å². The molecule has 0 aliphatic carbocycles. The van der Waals surface area contributed by atoms with E-state index in [0.29, 0.717) is 36.2 Å². The van der Waals surface area contributed by atoms with E-state index in [1.165, 1.54) is 0 Å². The number of rotatable bonds is 10. The SMILES string of the molecule is CC(C)CNC(=O)[C@H](C)N(Cc1cccc(Cl)c1)C(=O)CCSc1ccccc1. The van der Waals surface area contributed by atoms with Crippen LogP contribution in [0.25, 0.3) is 0 Å². The van der Waals surface area contributed by atoms with Gasteiger partial charge in [-0.15, -0.1) is 11.8 Å². The van der Waals surface area contributed by atoms with Crippen molar-refractivity contribution in [2.75, 3.05) is 12.3 Å². The second kappa shape index (κ2) is 11.9. The molecule has 2 aromatic carbocycles. The van der Waals surface area contributed by atoms with Crippen molar-refractivity contribution in [3.8, 4) is 0 Å². The quantitative estimate of drug-likeness (QED) is 0.537. The Balaban J connectivity index is 2.05. The summed E-state index contributed by atoms with van der Waals surface area (Å²) in [6.45, 7) is 6.81. The predicted octanol–water partition coefficient (Wildman–Crippen LogP) is 5.01. The average Bonchev–Trinajstić information content (AvgIpc) is 2.70. The first-order valence-corrected chi connectivity index (χ1v) is 11.2. The van der Waals surface area contributed by atoms with Crippen molar-refractivity contribution in [3.63, 3.8) is 0 Å². The third kappa shape index (κ3) is 8.11. The minimum Gasteiger partial charge on any atom is -0.354 e. The number of benzene rings is 2. The molecule has 2 amide bonds. The fourth-order valence-corrected chi connectivity index (χ4v) is 3.86. The zero-order chi connectivity index (χ0) is 21.2. The Morgan fingerprint density at radius 3 is 2.45 bits per heavy atom. The zero-order valence-corrected chi connectivity index (χ0v) is 18.8. The van der Waals surface area contributed by atoms with Crippen molar-refractivity contribution >= 4 is 35.2 Å². The number of nitrogens with one attached hydrogen (secondary N) is 1. The number of carbonyl (C=O) groups excluding carboxylic acids is 2. The summed E-state index contributed by atoms with van der Waals surface area (Å²) in [5.41, 5.74) is 0.907. The van der Waals surface area contributed by atoms with Crippen LogP contribution >= 0.6 is 23.4 Å². The van der Waals surface area contributed by atoms with Crippen LogP contribution in [0.15, 0.2) is 59.5 Å². The first-order chi connectivity index (χ1) is 13.9. The van der Waals surface area contributed by atoms with E-state index in [1.807, 2.05) is 62.4 Å². The fourth-order valence-electron chi connectivity index (χ4n) is 2.78. The highest BCUT2D eigenvalue weighted by Gasteiger charge is 2.26. The Kier molecular flexibility index (Phi) is 9.55. The van der Waals surface area contributed by atoms with E-state index in [0.717, 1.165) is 10.5 Å². The second-order valence-electron chi connectivity index (χ2n) is 7.38. The van der Waals surface area contributed by atoms with Crippen LogP contribution in [0.3, 0.4) is 0 Å². The summed E-state index contributed by atoms with van der Waals surface area (Å²) in [5, 5.41) is 3.55. The normalized spacial score (nSPS) is 11.9. The van der Waals surface area contributed by atoms with Crippen LogP contribution < -0.4 is 5.32 Å². The van der Waals surface area contributed by atoms with Crippen LogP contribution in [0.1, 0.15) is 32.8 Å². The van der Waals surface area contributed by atoms with Gasteiger partial charge in [-0.3, -0.25) is 9.59 Å². The monoisotopic (exact) mass is 432 g/mol. The molecule has 0 aliphatic rings. The molecule has 0 unspecified atom stereocenters. The summed E-state index contributed by atoms with van der Waals surface area (Å²) in [5.74, 6) is 0.839. The largest absolute Gasteiger partial charge is 0.354 e. The number of hydrogen-bond acceptors (Lipinski definition) is 3. The Hall–Kier alpha value is -1.98. The van der Waals surface area contributed by atoms with Crippen molar-refractivity contribution < 1.29 is 9.59 Å². The molecule has 156 valence electrons. The Morgan fingerprint density at radius 1 is 1.07 bits per heavy atom.